The van der Waals surface area contributed by atoms with Gasteiger partial charge in [-0.1, -0.05) is 6.07 Å². The van der Waals surface area contributed by atoms with E-state index in [1.165, 1.54) is 24.4 Å². The Labute approximate surface area is 215 Å². The third-order valence-corrected chi connectivity index (χ3v) is 6.86. The van der Waals surface area contributed by atoms with E-state index in [1.807, 2.05) is 0 Å². The third-order valence-electron chi connectivity index (χ3n) is 6.86. The lowest BCUT2D eigenvalue weighted by Crippen LogP contribution is -2.41. The van der Waals surface area contributed by atoms with Crippen molar-refractivity contribution in [1.29, 1.82) is 0 Å². The van der Waals surface area contributed by atoms with E-state index in [4.69, 9.17) is 0 Å². The summed E-state index contributed by atoms with van der Waals surface area (Å²) >= 11 is 0. The van der Waals surface area contributed by atoms with E-state index in [-0.39, 0.29) is 54.4 Å². The van der Waals surface area contributed by atoms with Crippen molar-refractivity contribution in [3.8, 4) is 11.3 Å². The molecule has 8 nitrogen and oxygen atoms in total. The third kappa shape index (κ3) is 6.21. The smallest absolute Gasteiger partial charge is 0.419 e. The lowest BCUT2D eigenvalue weighted by Gasteiger charge is -2.29. The minimum absolute atomic E-state index is 0.00263. The Bertz CT molecular complexity index is 1290. The quantitative estimate of drug-likeness (QED) is 0.273. The average Bonchev–Trinajstić information content (AvgIpc) is 3.48. The van der Waals surface area contributed by atoms with Gasteiger partial charge in [0.25, 0.3) is 5.92 Å². The highest BCUT2D eigenvalue weighted by atomic mass is 19.4. The molecule has 1 fully saturated rings. The normalized spacial score (nSPS) is 18.4. The second-order valence-corrected chi connectivity index (χ2v) is 9.65. The van der Waals surface area contributed by atoms with Gasteiger partial charge in [0.1, 0.15) is 5.56 Å². The Morgan fingerprint density at radius 3 is 2.68 bits per heavy atom. The van der Waals surface area contributed by atoms with E-state index >= 15 is 0 Å². The number of benzene rings is 1. The van der Waals surface area contributed by atoms with Gasteiger partial charge in [0.2, 0.25) is 5.95 Å². The number of anilines is 1. The Morgan fingerprint density at radius 2 is 2.00 bits per heavy atom. The van der Waals surface area contributed by atoms with Crippen molar-refractivity contribution in [1.82, 2.24) is 25.2 Å². The number of aromatic amines is 1. The molecular formula is C25H29F5N6O2. The second kappa shape index (κ2) is 10.8. The maximum absolute atomic E-state index is 14.2. The van der Waals surface area contributed by atoms with E-state index in [2.05, 4.69) is 25.6 Å². The Kier molecular flexibility index (Phi) is 7.88. The van der Waals surface area contributed by atoms with Crippen LogP contribution in [0.25, 0.3) is 22.2 Å². The van der Waals surface area contributed by atoms with Crippen molar-refractivity contribution in [3.63, 3.8) is 0 Å². The summed E-state index contributed by atoms with van der Waals surface area (Å²) in [6.45, 7) is -0.169. The van der Waals surface area contributed by atoms with Crippen molar-refractivity contribution in [2.45, 2.75) is 49.9 Å². The van der Waals surface area contributed by atoms with Gasteiger partial charge in [0.05, 0.1) is 17.8 Å². The lowest BCUT2D eigenvalue weighted by atomic mass is 10.0. The molecule has 4 N–H and O–H groups in total. The SMILES string of the molecule is CNCCC(F)(F)CN(C)[C@H]1CC[C@H](Nc2ncc(C(F)(F)F)c(-c3c[nH]c4cc(C(=O)O)ccc34)n2)C1. The minimum Gasteiger partial charge on any atom is -0.478 e. The van der Waals surface area contributed by atoms with Crippen LogP contribution in [-0.2, 0) is 6.18 Å². The fourth-order valence-corrected chi connectivity index (χ4v) is 4.87. The van der Waals surface area contributed by atoms with Gasteiger partial charge in [-0.3, -0.25) is 4.90 Å². The van der Waals surface area contributed by atoms with Crippen molar-refractivity contribution >= 4 is 22.8 Å². The number of hydrogen-bond acceptors (Lipinski definition) is 6. The Balaban J connectivity index is 1.54. The summed E-state index contributed by atoms with van der Waals surface area (Å²) in [5.41, 5.74) is -0.872. The van der Waals surface area contributed by atoms with Crippen molar-refractivity contribution in [2.75, 3.05) is 32.5 Å². The average molecular weight is 541 g/mol. The molecule has 2 atom stereocenters. The summed E-state index contributed by atoms with van der Waals surface area (Å²) in [5.74, 6) is -3.99. The molecule has 0 amide bonds. The number of halogens is 5. The standard InChI is InChI=1S/C25H29F5N6O2/c1-31-8-7-24(26,27)13-36(2)16-5-4-15(10-16)34-23-33-12-19(25(28,29)30)21(35-23)18-11-32-20-9-14(22(37)38)3-6-17(18)20/h3,6,9,11-12,15-16,31-32H,4-5,7-8,10,13H2,1-2H3,(H,37,38)(H,33,34,35)/t15-,16-/m0/s1. The predicted molar refractivity (Wildman–Crippen MR) is 132 cm³/mol. The molecule has 1 aliphatic carbocycles. The molecule has 38 heavy (non-hydrogen) atoms. The zero-order chi connectivity index (χ0) is 27.7. The number of carboxylic acid groups (broad SMARTS) is 1. The van der Waals surface area contributed by atoms with Crippen LogP contribution >= 0.6 is 0 Å². The molecule has 1 saturated carbocycles. The molecule has 0 bridgehead atoms. The Morgan fingerprint density at radius 1 is 1.24 bits per heavy atom. The highest BCUT2D eigenvalue weighted by molar-refractivity contribution is 5.99. The number of fused-ring (bicyclic) bond motifs is 1. The highest BCUT2D eigenvalue weighted by Crippen LogP contribution is 2.39. The predicted octanol–water partition coefficient (Wildman–Crippen LogP) is 4.85. The van der Waals surface area contributed by atoms with Crippen LogP contribution in [0.15, 0.2) is 30.6 Å². The number of aromatic carboxylic acids is 1. The number of carboxylic acids is 1. The molecule has 0 spiro atoms. The fourth-order valence-electron chi connectivity index (χ4n) is 4.87. The first kappa shape index (κ1) is 27.7. The van der Waals surface area contributed by atoms with Crippen LogP contribution in [0.2, 0.25) is 0 Å². The Hall–Kier alpha value is -3.32. The van der Waals surface area contributed by atoms with Gasteiger partial charge in [-0.15, -0.1) is 0 Å². The summed E-state index contributed by atoms with van der Waals surface area (Å²) in [7, 11) is 3.27. The van der Waals surface area contributed by atoms with E-state index in [0.717, 1.165) is 6.20 Å². The number of nitrogens with one attached hydrogen (secondary N) is 3. The second-order valence-electron chi connectivity index (χ2n) is 9.65. The van der Waals surface area contributed by atoms with E-state index in [0.29, 0.717) is 30.2 Å². The molecule has 206 valence electrons. The van der Waals surface area contributed by atoms with E-state index in [1.54, 1.807) is 19.0 Å². The molecule has 1 aliphatic rings. The summed E-state index contributed by atoms with van der Waals surface area (Å²) in [4.78, 5) is 23.8. The van der Waals surface area contributed by atoms with Gasteiger partial charge < -0.3 is 20.7 Å². The number of hydrogen-bond donors (Lipinski definition) is 4. The van der Waals surface area contributed by atoms with Crippen LogP contribution in [0.3, 0.4) is 0 Å². The van der Waals surface area contributed by atoms with Gasteiger partial charge >= 0.3 is 12.1 Å². The molecular weight excluding hydrogens is 511 g/mol. The van der Waals surface area contributed by atoms with Crippen molar-refractivity contribution < 1.29 is 31.9 Å². The van der Waals surface area contributed by atoms with Crippen LogP contribution in [0.1, 0.15) is 41.6 Å². The molecule has 2 heterocycles. The summed E-state index contributed by atoms with van der Waals surface area (Å²) in [6, 6.07) is 3.78. The van der Waals surface area contributed by atoms with Crippen LogP contribution < -0.4 is 10.6 Å². The lowest BCUT2D eigenvalue weighted by molar-refractivity contribution is -0.137. The molecule has 0 radical (unpaired) electrons. The van der Waals surface area contributed by atoms with Gasteiger partial charge in [0.15, 0.2) is 0 Å². The van der Waals surface area contributed by atoms with Crippen molar-refractivity contribution in [3.05, 3.63) is 41.7 Å². The van der Waals surface area contributed by atoms with Crippen LogP contribution in [0.4, 0.5) is 27.9 Å². The largest absolute Gasteiger partial charge is 0.478 e. The molecule has 2 aromatic heterocycles. The van der Waals surface area contributed by atoms with Gasteiger partial charge in [-0.25, -0.2) is 23.5 Å². The number of H-pyrrole nitrogens is 1. The number of rotatable bonds is 10. The summed E-state index contributed by atoms with van der Waals surface area (Å²) in [5, 5.41) is 15.4. The topological polar surface area (TPSA) is 106 Å². The van der Waals surface area contributed by atoms with Gasteiger partial charge in [-0.2, -0.15) is 13.2 Å². The first-order valence-corrected chi connectivity index (χ1v) is 12.2. The zero-order valence-corrected chi connectivity index (χ0v) is 20.9. The zero-order valence-electron chi connectivity index (χ0n) is 20.9. The summed E-state index contributed by atoms with van der Waals surface area (Å²) in [6.07, 6.45) is -1.13. The molecule has 0 saturated heterocycles. The fraction of sp³-hybridized carbons (Fsp3) is 0.480. The first-order chi connectivity index (χ1) is 17.9. The molecule has 0 unspecified atom stereocenters. The van der Waals surface area contributed by atoms with Gasteiger partial charge in [0, 0.05) is 53.9 Å². The van der Waals surface area contributed by atoms with Crippen molar-refractivity contribution in [2.24, 2.45) is 0 Å². The minimum atomic E-state index is -4.72. The van der Waals surface area contributed by atoms with Crippen LogP contribution in [0, 0.1) is 0 Å². The van der Waals surface area contributed by atoms with Crippen LogP contribution in [-0.4, -0.2) is 76.1 Å². The highest BCUT2D eigenvalue weighted by Gasteiger charge is 2.37. The number of nitrogens with zero attached hydrogens (tertiary/aromatic N) is 3. The molecule has 1 aromatic carbocycles. The molecule has 3 aromatic rings. The first-order valence-electron chi connectivity index (χ1n) is 12.2. The summed E-state index contributed by atoms with van der Waals surface area (Å²) < 4.78 is 69.9. The molecule has 13 heteroatoms. The maximum atomic E-state index is 14.2. The van der Waals surface area contributed by atoms with Crippen LogP contribution in [0.5, 0.6) is 0 Å². The van der Waals surface area contributed by atoms with Gasteiger partial charge in [-0.05, 0) is 45.5 Å². The molecule has 4 rings (SSSR count). The number of aromatic nitrogens is 3. The number of carbonyl (C=O) groups is 1. The maximum Gasteiger partial charge on any atom is 0.419 e. The monoisotopic (exact) mass is 540 g/mol. The van der Waals surface area contributed by atoms with E-state index < -0.39 is 23.6 Å². The van der Waals surface area contributed by atoms with E-state index in [9.17, 15) is 31.9 Å². The number of alkyl halides is 5. The molecule has 0 aliphatic heterocycles.